The van der Waals surface area contributed by atoms with Crippen molar-refractivity contribution in [1.82, 2.24) is 15.5 Å². The van der Waals surface area contributed by atoms with Crippen LogP contribution in [0.1, 0.15) is 74.3 Å². The lowest BCUT2D eigenvalue weighted by Crippen LogP contribution is -2.60. The van der Waals surface area contributed by atoms with Crippen molar-refractivity contribution in [1.29, 1.82) is 0 Å². The van der Waals surface area contributed by atoms with Gasteiger partial charge in [0.05, 0.1) is 17.6 Å². The van der Waals surface area contributed by atoms with Crippen LogP contribution in [0.3, 0.4) is 0 Å². The van der Waals surface area contributed by atoms with Crippen LogP contribution in [-0.4, -0.2) is 45.3 Å². The van der Waals surface area contributed by atoms with Crippen LogP contribution in [0.4, 0.5) is 13.2 Å². The maximum Gasteiger partial charge on any atom is 0.522 e. The monoisotopic (exact) mass is 513 g/mol. The van der Waals surface area contributed by atoms with Gasteiger partial charge in [-0.05, 0) is 56.7 Å². The molecule has 0 spiro atoms. The lowest BCUT2D eigenvalue weighted by Gasteiger charge is -2.46. The van der Waals surface area contributed by atoms with E-state index in [1.807, 2.05) is 0 Å². The van der Waals surface area contributed by atoms with Gasteiger partial charge in [0.15, 0.2) is 6.10 Å². The number of aromatic nitrogens is 2. The number of amides is 1. The van der Waals surface area contributed by atoms with Gasteiger partial charge in [0.2, 0.25) is 11.8 Å². The number of aliphatic hydroxyl groups excluding tert-OH is 1. The summed E-state index contributed by atoms with van der Waals surface area (Å²) in [5.74, 6) is 0.742. The third-order valence-corrected chi connectivity index (χ3v) is 8.03. The van der Waals surface area contributed by atoms with Crippen LogP contribution in [0, 0.1) is 0 Å². The molecule has 2 bridgehead atoms. The molecule has 12 heteroatoms. The van der Waals surface area contributed by atoms with Gasteiger partial charge in [0, 0.05) is 28.5 Å². The number of hydrogen-bond acceptors (Lipinski definition) is 7. The standard InChI is InChI=1S/C23H23ClF3N3O5/c24-12-1-2-16-14(7-12)15(31)8-17(33-16)18(32)28-22-4-3-21(9-22,10-22)20-30-29-19(34-20)11-5-13(6-11)35-23(25,26)27/h1-2,7,11,13,15,17,31H,3-6,8-10H2,(H,28,32)/t11?,13?,15-,17-,21?,22?/m1/s1. The van der Waals surface area contributed by atoms with Gasteiger partial charge in [-0.1, -0.05) is 11.6 Å². The molecule has 4 fully saturated rings. The van der Waals surface area contributed by atoms with Crippen molar-refractivity contribution in [2.45, 2.75) is 86.5 Å². The minimum atomic E-state index is -4.64. The van der Waals surface area contributed by atoms with Crippen molar-refractivity contribution in [2.24, 2.45) is 0 Å². The number of alkyl halides is 3. The van der Waals surface area contributed by atoms with E-state index in [2.05, 4.69) is 20.3 Å². The van der Waals surface area contributed by atoms with Gasteiger partial charge in [-0.2, -0.15) is 0 Å². The molecule has 0 saturated heterocycles. The third kappa shape index (κ3) is 4.07. The van der Waals surface area contributed by atoms with E-state index in [0.29, 0.717) is 41.0 Å². The fourth-order valence-corrected chi connectivity index (χ4v) is 6.25. The molecule has 4 saturated carbocycles. The topological polar surface area (TPSA) is 107 Å². The fourth-order valence-electron chi connectivity index (χ4n) is 6.07. The first-order valence-electron chi connectivity index (χ1n) is 11.6. The van der Waals surface area contributed by atoms with Crippen molar-refractivity contribution in [3.05, 3.63) is 40.6 Å². The van der Waals surface area contributed by atoms with Gasteiger partial charge in [0.25, 0.3) is 5.91 Å². The Labute approximate surface area is 203 Å². The Morgan fingerprint density at radius 3 is 2.71 bits per heavy atom. The molecule has 0 unspecified atom stereocenters. The molecule has 2 aromatic rings. The summed E-state index contributed by atoms with van der Waals surface area (Å²) >= 11 is 5.99. The van der Waals surface area contributed by atoms with Crippen LogP contribution < -0.4 is 10.1 Å². The normalized spacial score (nSPS) is 35.5. The highest BCUT2D eigenvalue weighted by Crippen LogP contribution is 2.62. The number of ether oxygens (including phenoxy) is 2. The number of nitrogens with one attached hydrogen (secondary N) is 1. The summed E-state index contributed by atoms with van der Waals surface area (Å²) < 4.78 is 52.8. The molecule has 2 N–H and O–H groups in total. The molecule has 8 nitrogen and oxygen atoms in total. The highest BCUT2D eigenvalue weighted by molar-refractivity contribution is 6.30. The van der Waals surface area contributed by atoms with Crippen molar-refractivity contribution in [3.63, 3.8) is 0 Å². The largest absolute Gasteiger partial charge is 0.522 e. The van der Waals surface area contributed by atoms with Crippen LogP contribution >= 0.6 is 11.6 Å². The zero-order valence-electron chi connectivity index (χ0n) is 18.5. The quantitative estimate of drug-likeness (QED) is 0.620. The molecule has 1 amide bonds. The highest BCUT2D eigenvalue weighted by Gasteiger charge is 2.65. The van der Waals surface area contributed by atoms with E-state index in [9.17, 15) is 23.1 Å². The van der Waals surface area contributed by atoms with E-state index in [4.69, 9.17) is 20.8 Å². The summed E-state index contributed by atoms with van der Waals surface area (Å²) in [6.45, 7) is 0. The zero-order chi connectivity index (χ0) is 24.6. The molecule has 1 aromatic heterocycles. The zero-order valence-corrected chi connectivity index (χ0v) is 19.2. The average molecular weight is 514 g/mol. The number of carbonyl (C=O) groups is 1. The first kappa shape index (κ1) is 23.1. The van der Waals surface area contributed by atoms with E-state index in [-0.39, 0.29) is 36.5 Å². The molecular formula is C23H23ClF3N3O5. The second kappa shape index (κ2) is 7.81. The van der Waals surface area contributed by atoms with E-state index in [1.165, 1.54) is 0 Å². The van der Waals surface area contributed by atoms with E-state index < -0.39 is 30.2 Å². The van der Waals surface area contributed by atoms with Gasteiger partial charge in [-0.3, -0.25) is 9.53 Å². The summed E-state index contributed by atoms with van der Waals surface area (Å²) in [5.41, 5.74) is -0.166. The molecule has 5 aliphatic rings. The van der Waals surface area contributed by atoms with E-state index in [0.717, 1.165) is 12.8 Å². The van der Waals surface area contributed by atoms with Crippen molar-refractivity contribution in [2.75, 3.05) is 0 Å². The fraction of sp³-hybridized carbons (Fsp3) is 0.609. The first-order chi connectivity index (χ1) is 16.5. The lowest BCUT2D eigenvalue weighted by atomic mass is 9.65. The Bertz CT molecular complexity index is 1160. The lowest BCUT2D eigenvalue weighted by molar-refractivity contribution is -0.352. The van der Waals surface area contributed by atoms with E-state index in [1.54, 1.807) is 18.2 Å². The summed E-state index contributed by atoms with van der Waals surface area (Å²) in [7, 11) is 0. The third-order valence-electron chi connectivity index (χ3n) is 7.79. The molecule has 35 heavy (non-hydrogen) atoms. The van der Waals surface area contributed by atoms with Crippen molar-refractivity contribution >= 4 is 17.5 Å². The Morgan fingerprint density at radius 1 is 1.20 bits per heavy atom. The highest BCUT2D eigenvalue weighted by atomic mass is 35.5. The summed E-state index contributed by atoms with van der Waals surface area (Å²) in [6.07, 6.45) is -3.90. The number of halogens is 4. The molecule has 0 radical (unpaired) electrons. The number of benzene rings is 1. The van der Waals surface area contributed by atoms with Gasteiger partial charge in [-0.25, -0.2) is 0 Å². The number of rotatable bonds is 5. The maximum atomic E-state index is 13.0. The van der Waals surface area contributed by atoms with Crippen LogP contribution in [0.25, 0.3) is 0 Å². The summed E-state index contributed by atoms with van der Waals surface area (Å²) in [6, 6.07) is 4.93. The number of aliphatic hydroxyl groups is 1. The minimum Gasteiger partial charge on any atom is -0.480 e. The number of nitrogens with zero attached hydrogens (tertiary/aromatic N) is 2. The van der Waals surface area contributed by atoms with Crippen LogP contribution in [0.2, 0.25) is 5.02 Å². The van der Waals surface area contributed by atoms with E-state index >= 15 is 0 Å². The molecule has 7 rings (SSSR count). The van der Waals surface area contributed by atoms with Crippen LogP contribution in [0.5, 0.6) is 5.75 Å². The number of carbonyl (C=O) groups excluding carboxylic acids is 1. The molecule has 1 aliphatic heterocycles. The number of hydrogen-bond donors (Lipinski definition) is 2. The predicted molar refractivity (Wildman–Crippen MR) is 114 cm³/mol. The first-order valence-corrected chi connectivity index (χ1v) is 12.0. The smallest absolute Gasteiger partial charge is 0.480 e. The molecular weight excluding hydrogens is 491 g/mol. The molecule has 188 valence electrons. The van der Waals surface area contributed by atoms with Crippen LogP contribution in [0.15, 0.2) is 22.6 Å². The van der Waals surface area contributed by atoms with Gasteiger partial charge in [-0.15, -0.1) is 23.4 Å². The molecule has 2 atom stereocenters. The maximum absolute atomic E-state index is 13.0. The Kier molecular flexibility index (Phi) is 5.15. The summed E-state index contributed by atoms with van der Waals surface area (Å²) in [4.78, 5) is 13.0. The predicted octanol–water partition coefficient (Wildman–Crippen LogP) is 4.07. The SMILES string of the molecule is O=C(NC12CCC(c3nnc(C4CC(OC(F)(F)F)C4)o3)(C1)C2)[C@H]1C[C@@H](O)c2cc(Cl)ccc2O1. The molecule has 1 aromatic carbocycles. The van der Waals surface area contributed by atoms with Crippen molar-refractivity contribution in [3.8, 4) is 5.75 Å². The molecule has 2 heterocycles. The Morgan fingerprint density at radius 2 is 1.97 bits per heavy atom. The van der Waals surface area contributed by atoms with Crippen molar-refractivity contribution < 1.29 is 37.0 Å². The van der Waals surface area contributed by atoms with Crippen LogP contribution in [-0.2, 0) is 14.9 Å². The average Bonchev–Trinajstić information content (AvgIpc) is 3.44. The van der Waals surface area contributed by atoms with Gasteiger partial charge in [0.1, 0.15) is 5.75 Å². The van der Waals surface area contributed by atoms with Gasteiger partial charge >= 0.3 is 6.36 Å². The van der Waals surface area contributed by atoms with Gasteiger partial charge < -0.3 is 19.6 Å². The summed E-state index contributed by atoms with van der Waals surface area (Å²) in [5, 5.41) is 22.3. The Hall–Kier alpha value is -2.37. The Balaban J connectivity index is 1.06. The second-order valence-corrected chi connectivity index (χ2v) is 10.7. The number of fused-ring (bicyclic) bond motifs is 2. The minimum absolute atomic E-state index is 0.133. The molecule has 4 aliphatic carbocycles. The second-order valence-electron chi connectivity index (χ2n) is 10.2.